The van der Waals surface area contributed by atoms with Gasteiger partial charge in [0.1, 0.15) is 12.1 Å². The van der Waals surface area contributed by atoms with Crippen molar-refractivity contribution in [2.24, 2.45) is 4.99 Å². The van der Waals surface area contributed by atoms with Gasteiger partial charge in [-0.05, 0) is 36.8 Å². The first-order valence-corrected chi connectivity index (χ1v) is 7.17. The number of rotatable bonds is 3. The highest BCUT2D eigenvalue weighted by Gasteiger charge is 2.28. The van der Waals surface area contributed by atoms with Gasteiger partial charge in [0.05, 0.1) is 5.56 Å². The summed E-state index contributed by atoms with van der Waals surface area (Å²) < 4.78 is 5.69. The molecule has 0 saturated heterocycles. The van der Waals surface area contributed by atoms with E-state index in [0.717, 1.165) is 18.4 Å². The molecule has 0 spiro atoms. The van der Waals surface area contributed by atoms with Gasteiger partial charge >= 0.3 is 5.97 Å². The van der Waals surface area contributed by atoms with Crippen LogP contribution >= 0.6 is 0 Å². The van der Waals surface area contributed by atoms with Gasteiger partial charge in [0.2, 0.25) is 0 Å². The molecule has 0 aromatic heterocycles. The summed E-state index contributed by atoms with van der Waals surface area (Å²) in [6, 6.07) is 19.0. The Morgan fingerprint density at radius 1 is 1.00 bits per heavy atom. The Morgan fingerprint density at radius 3 is 2.38 bits per heavy atom. The van der Waals surface area contributed by atoms with E-state index in [2.05, 4.69) is 4.99 Å². The summed E-state index contributed by atoms with van der Waals surface area (Å²) in [5.74, 6) is -0.279. The van der Waals surface area contributed by atoms with Crippen LogP contribution in [0.5, 0.6) is 0 Å². The quantitative estimate of drug-likeness (QED) is 0.801. The van der Waals surface area contributed by atoms with Crippen molar-refractivity contribution in [3.63, 3.8) is 0 Å². The second-order valence-electron chi connectivity index (χ2n) is 5.07. The van der Waals surface area contributed by atoms with Crippen LogP contribution in [0.2, 0.25) is 0 Å². The van der Waals surface area contributed by atoms with Crippen LogP contribution in [0.4, 0.5) is 0 Å². The maximum absolute atomic E-state index is 12.2. The minimum Gasteiger partial charge on any atom is -0.456 e. The summed E-state index contributed by atoms with van der Waals surface area (Å²) in [5.41, 5.74) is 1.66. The van der Waals surface area contributed by atoms with Crippen LogP contribution in [0.1, 0.15) is 34.8 Å². The van der Waals surface area contributed by atoms with Gasteiger partial charge in [0, 0.05) is 0 Å². The Morgan fingerprint density at radius 2 is 1.67 bits per heavy atom. The lowest BCUT2D eigenvalue weighted by atomic mass is 9.96. The summed E-state index contributed by atoms with van der Waals surface area (Å²) >= 11 is 0. The van der Waals surface area contributed by atoms with Crippen LogP contribution in [0.25, 0.3) is 0 Å². The molecule has 106 valence electrons. The maximum Gasteiger partial charge on any atom is 0.338 e. The molecule has 0 N–H and O–H groups in total. The van der Waals surface area contributed by atoms with Crippen molar-refractivity contribution in [3.05, 3.63) is 71.8 Å². The third-order valence-corrected chi connectivity index (χ3v) is 3.61. The van der Waals surface area contributed by atoms with E-state index < -0.39 is 0 Å². The smallest absolute Gasteiger partial charge is 0.338 e. The van der Waals surface area contributed by atoms with Gasteiger partial charge in [-0.1, -0.05) is 48.5 Å². The number of esters is 1. The number of hydrogen-bond donors (Lipinski definition) is 0. The van der Waals surface area contributed by atoms with Gasteiger partial charge in [-0.3, -0.25) is 4.99 Å². The van der Waals surface area contributed by atoms with Crippen LogP contribution in [0, 0.1) is 0 Å². The second-order valence-corrected chi connectivity index (χ2v) is 5.07. The number of carbonyl (C=O) groups is 1. The molecule has 2 atom stereocenters. The lowest BCUT2D eigenvalue weighted by Gasteiger charge is -2.27. The minimum absolute atomic E-state index is 0.104. The monoisotopic (exact) mass is 279 g/mol. The van der Waals surface area contributed by atoms with E-state index in [1.165, 1.54) is 0 Å². The van der Waals surface area contributed by atoms with E-state index in [1.807, 2.05) is 54.7 Å². The molecule has 2 aromatic rings. The summed E-state index contributed by atoms with van der Waals surface area (Å²) in [7, 11) is 0. The molecule has 3 heteroatoms. The molecule has 0 radical (unpaired) electrons. The van der Waals surface area contributed by atoms with E-state index in [4.69, 9.17) is 4.74 Å². The molecule has 0 saturated carbocycles. The van der Waals surface area contributed by atoms with Gasteiger partial charge in [0.25, 0.3) is 0 Å². The topological polar surface area (TPSA) is 38.7 Å². The number of benzene rings is 2. The van der Waals surface area contributed by atoms with E-state index >= 15 is 0 Å². The first-order chi connectivity index (χ1) is 10.3. The highest BCUT2D eigenvalue weighted by Crippen LogP contribution is 2.29. The molecule has 3 nitrogen and oxygen atoms in total. The van der Waals surface area contributed by atoms with Gasteiger partial charge in [0.15, 0.2) is 0 Å². The van der Waals surface area contributed by atoms with E-state index in [-0.39, 0.29) is 18.1 Å². The number of ether oxygens (including phenoxy) is 1. The third kappa shape index (κ3) is 3.19. The number of carbonyl (C=O) groups excluding carboxylic acids is 1. The van der Waals surface area contributed by atoms with Crippen molar-refractivity contribution in [2.45, 2.75) is 25.0 Å². The van der Waals surface area contributed by atoms with Crippen molar-refractivity contribution in [2.75, 3.05) is 0 Å². The Kier molecular flexibility index (Phi) is 4.10. The molecule has 0 fully saturated rings. The molecule has 1 heterocycles. The average molecular weight is 279 g/mol. The molecule has 21 heavy (non-hydrogen) atoms. The number of nitrogens with zero attached hydrogens (tertiary/aromatic N) is 1. The molecule has 1 aliphatic rings. The summed E-state index contributed by atoms with van der Waals surface area (Å²) in [4.78, 5) is 16.7. The number of hydrogen-bond acceptors (Lipinski definition) is 3. The van der Waals surface area contributed by atoms with Crippen LogP contribution in [0.3, 0.4) is 0 Å². The zero-order valence-electron chi connectivity index (χ0n) is 11.7. The number of aliphatic imine (C=N–C) groups is 1. The van der Waals surface area contributed by atoms with Crippen LogP contribution in [-0.4, -0.2) is 18.3 Å². The molecule has 0 bridgehead atoms. The van der Waals surface area contributed by atoms with Crippen LogP contribution in [0.15, 0.2) is 65.7 Å². The van der Waals surface area contributed by atoms with Crippen molar-refractivity contribution in [3.8, 4) is 0 Å². The van der Waals surface area contributed by atoms with E-state index in [0.29, 0.717) is 5.56 Å². The molecular weight excluding hydrogens is 262 g/mol. The van der Waals surface area contributed by atoms with E-state index in [1.54, 1.807) is 12.1 Å². The lowest BCUT2D eigenvalue weighted by Crippen LogP contribution is -2.27. The Balaban J connectivity index is 1.77. The third-order valence-electron chi connectivity index (χ3n) is 3.61. The fourth-order valence-electron chi connectivity index (χ4n) is 2.53. The molecule has 2 aromatic carbocycles. The molecular formula is C18H17NO2. The Bertz CT molecular complexity index is 622. The summed E-state index contributed by atoms with van der Waals surface area (Å²) in [5, 5.41) is 0. The Hall–Kier alpha value is -2.42. The van der Waals surface area contributed by atoms with Gasteiger partial charge in [-0.25, -0.2) is 4.79 Å². The zero-order valence-corrected chi connectivity index (χ0v) is 11.7. The summed E-state index contributed by atoms with van der Waals surface area (Å²) in [6.45, 7) is 0. The minimum atomic E-state index is -0.279. The highest BCUT2D eigenvalue weighted by atomic mass is 16.5. The molecule has 0 aliphatic carbocycles. The van der Waals surface area contributed by atoms with Gasteiger partial charge in [-0.2, -0.15) is 0 Å². The first kappa shape index (κ1) is 13.6. The molecule has 1 aliphatic heterocycles. The second kappa shape index (κ2) is 6.35. The first-order valence-electron chi connectivity index (χ1n) is 7.17. The van der Waals surface area contributed by atoms with Crippen molar-refractivity contribution in [1.82, 2.24) is 0 Å². The zero-order chi connectivity index (χ0) is 14.5. The van der Waals surface area contributed by atoms with Crippen LogP contribution < -0.4 is 0 Å². The predicted molar refractivity (Wildman–Crippen MR) is 82.6 cm³/mol. The van der Waals surface area contributed by atoms with Gasteiger partial charge < -0.3 is 4.74 Å². The van der Waals surface area contributed by atoms with Gasteiger partial charge in [-0.15, -0.1) is 0 Å². The fourth-order valence-corrected chi connectivity index (χ4v) is 2.53. The molecule has 0 amide bonds. The Labute approximate surface area is 124 Å². The normalized spacial score (nSPS) is 21.0. The largest absolute Gasteiger partial charge is 0.456 e. The highest BCUT2D eigenvalue weighted by molar-refractivity contribution is 5.89. The lowest BCUT2D eigenvalue weighted by molar-refractivity contribution is 0.0210. The predicted octanol–water partition coefficient (Wildman–Crippen LogP) is 3.82. The van der Waals surface area contributed by atoms with Crippen LogP contribution in [-0.2, 0) is 4.74 Å². The van der Waals surface area contributed by atoms with Crippen molar-refractivity contribution < 1.29 is 9.53 Å². The van der Waals surface area contributed by atoms with E-state index in [9.17, 15) is 4.79 Å². The molecule has 0 unspecified atom stereocenters. The average Bonchev–Trinajstić information content (AvgIpc) is 2.57. The van der Waals surface area contributed by atoms with Crippen molar-refractivity contribution >= 4 is 12.2 Å². The fraction of sp³-hybridized carbons (Fsp3) is 0.222. The maximum atomic E-state index is 12.2. The summed E-state index contributed by atoms with van der Waals surface area (Å²) in [6.07, 6.45) is 3.37. The standard InChI is InChI=1S/C18H17NO2/c20-18(15-10-5-2-6-11-15)21-16-12-7-13-19-17(16)14-8-3-1-4-9-14/h1-6,8-11,13,16-17H,7,12H2/t16-,17-/m1/s1. The molecule has 3 rings (SSSR count). The SMILES string of the molecule is O=C(O[C@@H]1CCC=N[C@@H]1c1ccccc1)c1ccccc1. The van der Waals surface area contributed by atoms with Crippen molar-refractivity contribution in [1.29, 1.82) is 0 Å².